The van der Waals surface area contributed by atoms with Crippen LogP contribution in [0.3, 0.4) is 0 Å². The van der Waals surface area contributed by atoms with Crippen molar-refractivity contribution in [3.63, 3.8) is 0 Å². The molecule has 21 heavy (non-hydrogen) atoms. The van der Waals surface area contributed by atoms with Crippen molar-refractivity contribution in [1.29, 1.82) is 0 Å². The van der Waals surface area contributed by atoms with Crippen LogP contribution in [-0.4, -0.2) is 31.9 Å². The summed E-state index contributed by atoms with van der Waals surface area (Å²) in [5.41, 5.74) is -0.344. The molecule has 0 bridgehead atoms. The maximum atomic E-state index is 12.0. The second-order valence-electron chi connectivity index (χ2n) is 4.16. The summed E-state index contributed by atoms with van der Waals surface area (Å²) in [6.07, 6.45) is 1.06. The van der Waals surface area contributed by atoms with Gasteiger partial charge in [0.05, 0.1) is 11.3 Å². The molecule has 0 aliphatic heterocycles. The first-order chi connectivity index (χ1) is 9.90. The van der Waals surface area contributed by atoms with Gasteiger partial charge >= 0.3 is 5.97 Å². The number of amides is 1. The summed E-state index contributed by atoms with van der Waals surface area (Å²) in [5, 5.41) is 22.1. The van der Waals surface area contributed by atoms with E-state index in [1.807, 2.05) is 0 Å². The SMILES string of the molecule is Cc1ccc([N+](=O)[O-])c(NC(=O)c2nc[nH]c2C(=O)O)c1. The molecule has 9 nitrogen and oxygen atoms in total. The van der Waals surface area contributed by atoms with Crippen molar-refractivity contribution in [2.75, 3.05) is 5.32 Å². The third-order valence-corrected chi connectivity index (χ3v) is 2.67. The summed E-state index contributed by atoms with van der Waals surface area (Å²) in [6.45, 7) is 1.70. The Morgan fingerprint density at radius 2 is 2.14 bits per heavy atom. The van der Waals surface area contributed by atoms with Gasteiger partial charge in [0.15, 0.2) is 11.4 Å². The number of rotatable bonds is 4. The van der Waals surface area contributed by atoms with Gasteiger partial charge in [0.25, 0.3) is 11.6 Å². The van der Waals surface area contributed by atoms with Crippen LogP contribution >= 0.6 is 0 Å². The molecule has 2 aromatic rings. The van der Waals surface area contributed by atoms with Gasteiger partial charge in [-0.3, -0.25) is 14.9 Å². The molecular formula is C12H10N4O5. The predicted octanol–water partition coefficient (Wildman–Crippen LogP) is 1.58. The van der Waals surface area contributed by atoms with E-state index >= 15 is 0 Å². The van der Waals surface area contributed by atoms with Crippen molar-refractivity contribution >= 4 is 23.3 Å². The van der Waals surface area contributed by atoms with Crippen molar-refractivity contribution < 1.29 is 19.6 Å². The van der Waals surface area contributed by atoms with Crippen LogP contribution in [0.2, 0.25) is 0 Å². The first-order valence-electron chi connectivity index (χ1n) is 5.73. The van der Waals surface area contributed by atoms with Gasteiger partial charge in [0, 0.05) is 6.07 Å². The first-order valence-corrected chi connectivity index (χ1v) is 5.73. The molecule has 0 saturated heterocycles. The van der Waals surface area contributed by atoms with E-state index in [0.717, 1.165) is 6.33 Å². The molecular weight excluding hydrogens is 280 g/mol. The van der Waals surface area contributed by atoms with Crippen LogP contribution in [0.15, 0.2) is 24.5 Å². The molecule has 0 aliphatic rings. The van der Waals surface area contributed by atoms with E-state index in [2.05, 4.69) is 15.3 Å². The van der Waals surface area contributed by atoms with Gasteiger partial charge in [-0.15, -0.1) is 0 Å². The Bertz CT molecular complexity index is 737. The number of nitrogens with one attached hydrogen (secondary N) is 2. The highest BCUT2D eigenvalue weighted by atomic mass is 16.6. The highest BCUT2D eigenvalue weighted by molar-refractivity contribution is 6.09. The van der Waals surface area contributed by atoms with Crippen LogP contribution in [0.25, 0.3) is 0 Å². The fourth-order valence-electron chi connectivity index (χ4n) is 1.72. The van der Waals surface area contributed by atoms with E-state index < -0.39 is 16.8 Å². The average Bonchev–Trinajstić information content (AvgIpc) is 2.87. The summed E-state index contributed by atoms with van der Waals surface area (Å²) in [6, 6.07) is 4.21. The van der Waals surface area contributed by atoms with E-state index in [-0.39, 0.29) is 22.8 Å². The summed E-state index contributed by atoms with van der Waals surface area (Å²) in [4.78, 5) is 39.1. The van der Waals surface area contributed by atoms with E-state index in [1.165, 1.54) is 18.2 Å². The quantitative estimate of drug-likeness (QED) is 0.577. The number of nitrogens with zero attached hydrogens (tertiary/aromatic N) is 2. The number of aromatic nitrogens is 2. The second kappa shape index (κ2) is 5.41. The molecule has 0 saturated carbocycles. The molecule has 1 aromatic heterocycles. The van der Waals surface area contributed by atoms with Gasteiger partial charge in [-0.25, -0.2) is 9.78 Å². The summed E-state index contributed by atoms with van der Waals surface area (Å²) >= 11 is 0. The summed E-state index contributed by atoms with van der Waals surface area (Å²) < 4.78 is 0. The van der Waals surface area contributed by atoms with Crippen LogP contribution in [0.1, 0.15) is 26.5 Å². The zero-order valence-corrected chi connectivity index (χ0v) is 10.8. The Hall–Kier alpha value is -3.23. The Balaban J connectivity index is 2.36. The molecule has 1 heterocycles. The van der Waals surface area contributed by atoms with Crippen molar-refractivity contribution in [1.82, 2.24) is 9.97 Å². The van der Waals surface area contributed by atoms with Gasteiger partial charge in [-0.2, -0.15) is 0 Å². The number of aryl methyl sites for hydroxylation is 1. The minimum Gasteiger partial charge on any atom is -0.477 e. The van der Waals surface area contributed by atoms with Crippen LogP contribution in [0.4, 0.5) is 11.4 Å². The number of aromatic amines is 1. The molecule has 0 atom stereocenters. The van der Waals surface area contributed by atoms with Gasteiger partial charge in [-0.1, -0.05) is 6.07 Å². The lowest BCUT2D eigenvalue weighted by molar-refractivity contribution is -0.383. The lowest BCUT2D eigenvalue weighted by Crippen LogP contribution is -2.17. The number of carbonyl (C=O) groups excluding carboxylic acids is 1. The number of carboxylic acid groups (broad SMARTS) is 1. The monoisotopic (exact) mass is 290 g/mol. The lowest BCUT2D eigenvalue weighted by Gasteiger charge is -2.06. The molecule has 9 heteroatoms. The van der Waals surface area contributed by atoms with E-state index in [0.29, 0.717) is 5.56 Å². The molecule has 108 valence electrons. The Morgan fingerprint density at radius 1 is 1.43 bits per heavy atom. The van der Waals surface area contributed by atoms with Gasteiger partial charge in [0.2, 0.25) is 0 Å². The fraction of sp³-hybridized carbons (Fsp3) is 0.0833. The van der Waals surface area contributed by atoms with Crippen LogP contribution < -0.4 is 5.32 Å². The van der Waals surface area contributed by atoms with Crippen LogP contribution in [0.5, 0.6) is 0 Å². The number of hydrogen-bond acceptors (Lipinski definition) is 5. The highest BCUT2D eigenvalue weighted by Gasteiger charge is 2.22. The third-order valence-electron chi connectivity index (χ3n) is 2.67. The number of hydrogen-bond donors (Lipinski definition) is 3. The Kier molecular flexibility index (Phi) is 3.65. The number of carboxylic acids is 1. The number of nitro benzene ring substituents is 1. The van der Waals surface area contributed by atoms with E-state index in [9.17, 15) is 19.7 Å². The van der Waals surface area contributed by atoms with Crippen molar-refractivity contribution in [3.8, 4) is 0 Å². The van der Waals surface area contributed by atoms with Gasteiger partial charge in [0.1, 0.15) is 5.69 Å². The number of aromatic carboxylic acids is 1. The van der Waals surface area contributed by atoms with E-state index in [4.69, 9.17) is 5.11 Å². The smallest absolute Gasteiger partial charge is 0.354 e. The normalized spacial score (nSPS) is 10.1. The summed E-state index contributed by atoms with van der Waals surface area (Å²) in [7, 11) is 0. The molecule has 2 rings (SSSR count). The minimum absolute atomic E-state index is 0.0238. The zero-order chi connectivity index (χ0) is 15.6. The summed E-state index contributed by atoms with van der Waals surface area (Å²) in [5.74, 6) is -2.20. The maximum absolute atomic E-state index is 12.0. The number of nitro groups is 1. The predicted molar refractivity (Wildman–Crippen MR) is 71.3 cm³/mol. The third kappa shape index (κ3) is 2.86. The number of benzene rings is 1. The molecule has 3 N–H and O–H groups in total. The number of carbonyl (C=O) groups is 2. The molecule has 0 aliphatic carbocycles. The van der Waals surface area contributed by atoms with Crippen molar-refractivity contribution in [3.05, 3.63) is 51.6 Å². The standard InChI is InChI=1S/C12H10N4O5/c1-6-2-3-8(16(20)21)7(4-6)15-11(17)9-10(12(18)19)14-5-13-9/h2-5H,1H3,(H,13,14)(H,15,17)(H,18,19). The topological polar surface area (TPSA) is 138 Å². The number of imidazole rings is 1. The number of anilines is 1. The van der Waals surface area contributed by atoms with Crippen molar-refractivity contribution in [2.24, 2.45) is 0 Å². The van der Waals surface area contributed by atoms with Gasteiger partial charge < -0.3 is 15.4 Å². The lowest BCUT2D eigenvalue weighted by atomic mass is 10.2. The molecule has 0 unspecified atom stereocenters. The Labute approximate surface area is 117 Å². The molecule has 0 radical (unpaired) electrons. The van der Waals surface area contributed by atoms with Crippen LogP contribution in [-0.2, 0) is 0 Å². The zero-order valence-electron chi connectivity index (χ0n) is 10.8. The van der Waals surface area contributed by atoms with Crippen molar-refractivity contribution in [2.45, 2.75) is 6.92 Å². The molecule has 0 spiro atoms. The average molecular weight is 290 g/mol. The second-order valence-corrected chi connectivity index (χ2v) is 4.16. The fourth-order valence-corrected chi connectivity index (χ4v) is 1.72. The molecule has 0 fully saturated rings. The van der Waals surface area contributed by atoms with Crippen LogP contribution in [0, 0.1) is 17.0 Å². The molecule has 1 aromatic carbocycles. The largest absolute Gasteiger partial charge is 0.477 e. The Morgan fingerprint density at radius 3 is 2.76 bits per heavy atom. The van der Waals surface area contributed by atoms with E-state index in [1.54, 1.807) is 6.92 Å². The minimum atomic E-state index is -1.35. The van der Waals surface area contributed by atoms with Gasteiger partial charge in [-0.05, 0) is 18.6 Å². The first kappa shape index (κ1) is 14.2. The molecule has 1 amide bonds. The number of H-pyrrole nitrogens is 1. The maximum Gasteiger partial charge on any atom is 0.354 e. The highest BCUT2D eigenvalue weighted by Crippen LogP contribution is 2.25.